The van der Waals surface area contributed by atoms with Crippen LogP contribution in [0, 0.1) is 18.7 Å². The summed E-state index contributed by atoms with van der Waals surface area (Å²) in [5.41, 5.74) is 3.14. The molecule has 156 valence electrons. The van der Waals surface area contributed by atoms with Crippen molar-refractivity contribution >= 4 is 17.4 Å². The number of aromatic nitrogens is 3. The summed E-state index contributed by atoms with van der Waals surface area (Å²) in [6.07, 6.45) is 4.64. The van der Waals surface area contributed by atoms with E-state index in [1.165, 1.54) is 24.3 Å². The van der Waals surface area contributed by atoms with Crippen LogP contribution in [0.1, 0.15) is 52.8 Å². The van der Waals surface area contributed by atoms with Gasteiger partial charge in [0.1, 0.15) is 17.5 Å². The fourth-order valence-electron chi connectivity index (χ4n) is 4.62. The summed E-state index contributed by atoms with van der Waals surface area (Å²) in [7, 11) is 0. The number of fused-ring (bicyclic) bond motifs is 3. The summed E-state index contributed by atoms with van der Waals surface area (Å²) < 4.78 is 13.2. The standard InChI is InChI=1S/C24H22FN5O/c1-14-26-11-8-21(27-14)30-13-16-12-18(16)22-19(30)6-7-20(28-22)24(9-10-24)29-23(31)15-2-4-17(25)5-3-15/h2-8,11,16,18H,9-10,12-13H2,1H3,(H,29,31)/t16-,18-/m0/s1. The van der Waals surface area contributed by atoms with Gasteiger partial charge in [-0.3, -0.25) is 9.78 Å². The van der Waals surface area contributed by atoms with Gasteiger partial charge in [-0.15, -0.1) is 0 Å². The van der Waals surface area contributed by atoms with Gasteiger partial charge in [0.05, 0.1) is 22.6 Å². The molecule has 3 aromatic rings. The number of hydrogen-bond donors (Lipinski definition) is 1. The minimum atomic E-state index is -0.432. The number of pyridine rings is 1. The topological polar surface area (TPSA) is 71.0 Å². The third-order valence-electron chi connectivity index (χ3n) is 6.62. The number of carbonyl (C=O) groups excluding carboxylic acids is 1. The summed E-state index contributed by atoms with van der Waals surface area (Å²) in [5, 5.41) is 3.15. The monoisotopic (exact) mass is 415 g/mol. The van der Waals surface area contributed by atoms with Crippen LogP contribution in [-0.4, -0.2) is 27.4 Å². The molecule has 2 fully saturated rings. The van der Waals surface area contributed by atoms with E-state index in [0.717, 1.165) is 54.5 Å². The molecule has 0 bridgehead atoms. The summed E-state index contributed by atoms with van der Waals surface area (Å²) in [6.45, 7) is 2.85. The minimum Gasteiger partial charge on any atom is -0.341 e. The van der Waals surface area contributed by atoms with Gasteiger partial charge >= 0.3 is 0 Å². The lowest BCUT2D eigenvalue weighted by atomic mass is 10.0. The maximum atomic E-state index is 13.2. The molecule has 0 unspecified atom stereocenters. The molecule has 31 heavy (non-hydrogen) atoms. The van der Waals surface area contributed by atoms with Crippen LogP contribution in [0.4, 0.5) is 15.9 Å². The molecule has 2 aliphatic carbocycles. The van der Waals surface area contributed by atoms with Crippen LogP contribution in [0.2, 0.25) is 0 Å². The first-order valence-electron chi connectivity index (χ1n) is 10.7. The van der Waals surface area contributed by atoms with Gasteiger partial charge in [0.15, 0.2) is 0 Å². The van der Waals surface area contributed by atoms with Crippen molar-refractivity contribution in [2.45, 2.75) is 37.6 Å². The zero-order valence-corrected chi connectivity index (χ0v) is 17.2. The van der Waals surface area contributed by atoms with E-state index in [1.807, 2.05) is 19.1 Å². The van der Waals surface area contributed by atoms with Crippen molar-refractivity contribution in [3.63, 3.8) is 0 Å². The fourth-order valence-corrected chi connectivity index (χ4v) is 4.62. The molecule has 1 amide bonds. The fraction of sp³-hybridized carbons (Fsp3) is 0.333. The first-order valence-corrected chi connectivity index (χ1v) is 10.7. The second-order valence-electron chi connectivity index (χ2n) is 8.82. The Morgan fingerprint density at radius 2 is 1.94 bits per heavy atom. The number of halogens is 1. The van der Waals surface area contributed by atoms with Gasteiger partial charge in [0.25, 0.3) is 5.91 Å². The van der Waals surface area contributed by atoms with Gasteiger partial charge in [-0.1, -0.05) is 0 Å². The average molecular weight is 415 g/mol. The minimum absolute atomic E-state index is 0.195. The maximum Gasteiger partial charge on any atom is 0.252 e. The Balaban J connectivity index is 1.31. The van der Waals surface area contributed by atoms with Crippen LogP contribution in [0.25, 0.3) is 0 Å². The van der Waals surface area contributed by atoms with Crippen molar-refractivity contribution in [2.75, 3.05) is 11.4 Å². The van der Waals surface area contributed by atoms with E-state index in [2.05, 4.69) is 26.3 Å². The van der Waals surface area contributed by atoms with Crippen molar-refractivity contribution in [1.29, 1.82) is 0 Å². The molecule has 1 aliphatic heterocycles. The van der Waals surface area contributed by atoms with Crippen molar-refractivity contribution in [3.05, 3.63) is 77.3 Å². The lowest BCUT2D eigenvalue weighted by molar-refractivity contribution is 0.0929. The number of benzene rings is 1. The molecule has 3 heterocycles. The molecule has 6 nitrogen and oxygen atoms in total. The molecular weight excluding hydrogens is 393 g/mol. The summed E-state index contributed by atoms with van der Waals surface area (Å²) in [4.78, 5) is 28.9. The lowest BCUT2D eigenvalue weighted by Crippen LogP contribution is -2.36. The first kappa shape index (κ1) is 18.4. The number of rotatable bonds is 4. The van der Waals surface area contributed by atoms with Gasteiger partial charge in [-0.05, 0) is 74.6 Å². The Hall–Kier alpha value is -3.35. The molecular formula is C24H22FN5O. The van der Waals surface area contributed by atoms with Gasteiger partial charge in [0.2, 0.25) is 0 Å². The molecule has 1 N–H and O–H groups in total. The van der Waals surface area contributed by atoms with Gasteiger partial charge in [0, 0.05) is 24.2 Å². The predicted octanol–water partition coefficient (Wildman–Crippen LogP) is 3.99. The molecule has 6 rings (SSSR count). The Morgan fingerprint density at radius 3 is 2.68 bits per heavy atom. The van der Waals surface area contributed by atoms with Crippen LogP contribution >= 0.6 is 0 Å². The summed E-state index contributed by atoms with van der Waals surface area (Å²) in [5.74, 6) is 2.18. The molecule has 1 aromatic carbocycles. The summed E-state index contributed by atoms with van der Waals surface area (Å²) >= 11 is 0. The number of hydrogen-bond acceptors (Lipinski definition) is 5. The van der Waals surface area contributed by atoms with Gasteiger partial charge in [-0.25, -0.2) is 14.4 Å². The van der Waals surface area contributed by atoms with Crippen LogP contribution in [0.15, 0.2) is 48.7 Å². The second kappa shape index (κ2) is 6.57. The Labute approximate surface area is 179 Å². The first-order chi connectivity index (χ1) is 15.0. The number of anilines is 2. The third kappa shape index (κ3) is 3.15. The highest BCUT2D eigenvalue weighted by Crippen LogP contribution is 2.56. The van der Waals surface area contributed by atoms with Crippen molar-refractivity contribution in [3.8, 4) is 0 Å². The predicted molar refractivity (Wildman–Crippen MR) is 114 cm³/mol. The molecule has 2 aromatic heterocycles. The van der Waals surface area contributed by atoms with E-state index >= 15 is 0 Å². The van der Waals surface area contributed by atoms with Crippen LogP contribution in [0.5, 0.6) is 0 Å². The molecule has 0 radical (unpaired) electrons. The quantitative estimate of drug-likeness (QED) is 0.698. The highest BCUT2D eigenvalue weighted by Gasteiger charge is 2.50. The van der Waals surface area contributed by atoms with E-state index in [0.29, 0.717) is 17.4 Å². The Bertz CT molecular complexity index is 1190. The van der Waals surface area contributed by atoms with Crippen molar-refractivity contribution in [2.24, 2.45) is 5.92 Å². The van der Waals surface area contributed by atoms with Crippen molar-refractivity contribution in [1.82, 2.24) is 20.3 Å². The molecule has 2 atom stereocenters. The molecule has 0 saturated heterocycles. The second-order valence-corrected chi connectivity index (χ2v) is 8.82. The average Bonchev–Trinajstić information content (AvgIpc) is 3.69. The normalized spacial score (nSPS) is 22.3. The molecule has 3 aliphatic rings. The molecule has 7 heteroatoms. The third-order valence-corrected chi connectivity index (χ3v) is 6.62. The van der Waals surface area contributed by atoms with E-state index in [9.17, 15) is 9.18 Å². The van der Waals surface area contributed by atoms with Crippen molar-refractivity contribution < 1.29 is 9.18 Å². The molecule has 0 spiro atoms. The molecule has 2 saturated carbocycles. The number of nitrogens with zero attached hydrogens (tertiary/aromatic N) is 4. The Morgan fingerprint density at radius 1 is 1.13 bits per heavy atom. The highest BCUT2D eigenvalue weighted by molar-refractivity contribution is 5.95. The number of carbonyl (C=O) groups is 1. The maximum absolute atomic E-state index is 13.2. The Kier molecular flexibility index (Phi) is 3.91. The number of amides is 1. The van der Waals surface area contributed by atoms with E-state index in [-0.39, 0.29) is 11.7 Å². The SMILES string of the molecule is Cc1nccc(N2C[C@@H]3C[C@@H]3c3nc(C4(NC(=O)c5ccc(F)cc5)CC4)ccc32)n1. The van der Waals surface area contributed by atoms with E-state index in [1.54, 1.807) is 6.20 Å². The largest absolute Gasteiger partial charge is 0.341 e. The van der Waals surface area contributed by atoms with E-state index < -0.39 is 5.54 Å². The van der Waals surface area contributed by atoms with Crippen LogP contribution in [0.3, 0.4) is 0 Å². The van der Waals surface area contributed by atoms with Crippen LogP contribution in [-0.2, 0) is 5.54 Å². The smallest absolute Gasteiger partial charge is 0.252 e. The zero-order chi connectivity index (χ0) is 21.2. The van der Waals surface area contributed by atoms with Gasteiger partial charge in [-0.2, -0.15) is 0 Å². The van der Waals surface area contributed by atoms with E-state index in [4.69, 9.17) is 4.98 Å². The van der Waals surface area contributed by atoms with Crippen LogP contribution < -0.4 is 10.2 Å². The number of nitrogens with one attached hydrogen (secondary N) is 1. The number of aryl methyl sites for hydroxylation is 1. The zero-order valence-electron chi connectivity index (χ0n) is 17.2. The lowest BCUT2D eigenvalue weighted by Gasteiger charge is -2.30. The van der Waals surface area contributed by atoms with Gasteiger partial charge < -0.3 is 10.2 Å². The highest BCUT2D eigenvalue weighted by atomic mass is 19.1. The summed E-state index contributed by atoms with van der Waals surface area (Å²) in [6, 6.07) is 11.7.